The highest BCUT2D eigenvalue weighted by Crippen LogP contribution is 2.38. The fourth-order valence-corrected chi connectivity index (χ4v) is 4.07. The normalized spacial score (nSPS) is 25.8. The third-order valence-corrected chi connectivity index (χ3v) is 5.50. The van der Waals surface area contributed by atoms with Crippen LogP contribution in [0.15, 0.2) is 17.0 Å². The largest absolute Gasteiger partial charge is 0.310 e. The average Bonchev–Trinajstić information content (AvgIpc) is 2.25. The molecule has 1 aromatic rings. The summed E-state index contributed by atoms with van der Waals surface area (Å²) in [5, 5.41) is 2.39. The first-order valence-corrected chi connectivity index (χ1v) is 7.38. The van der Waals surface area contributed by atoms with E-state index in [-0.39, 0.29) is 16.5 Å². The predicted molar refractivity (Wildman–Crippen MR) is 64.0 cm³/mol. The summed E-state index contributed by atoms with van der Waals surface area (Å²) in [7, 11) is -3.70. The lowest BCUT2D eigenvalue weighted by Gasteiger charge is -2.30. The van der Waals surface area contributed by atoms with Crippen LogP contribution in [0.2, 0.25) is 0 Å². The van der Waals surface area contributed by atoms with Crippen LogP contribution in [-0.4, -0.2) is 20.2 Å². The van der Waals surface area contributed by atoms with Crippen LogP contribution < -0.4 is 5.32 Å². The highest BCUT2D eigenvalue weighted by Gasteiger charge is 2.38. The van der Waals surface area contributed by atoms with E-state index >= 15 is 0 Å². The van der Waals surface area contributed by atoms with Crippen molar-refractivity contribution >= 4 is 9.84 Å². The summed E-state index contributed by atoms with van der Waals surface area (Å²) in [5.41, 5.74) is 0.201. The van der Waals surface area contributed by atoms with Gasteiger partial charge in [-0.15, -0.1) is 0 Å². The lowest BCUT2D eigenvalue weighted by Crippen LogP contribution is -2.35. The zero-order chi connectivity index (χ0) is 13.5. The Labute approximate surface area is 105 Å². The lowest BCUT2D eigenvalue weighted by atomic mass is 10.0. The van der Waals surface area contributed by atoms with E-state index in [4.69, 9.17) is 0 Å². The second-order valence-electron chi connectivity index (χ2n) is 4.51. The van der Waals surface area contributed by atoms with Gasteiger partial charge < -0.3 is 5.32 Å². The first kappa shape index (κ1) is 13.4. The Morgan fingerprint density at radius 3 is 2.67 bits per heavy atom. The molecule has 2 unspecified atom stereocenters. The number of hydrogen-bond acceptors (Lipinski definition) is 3. The van der Waals surface area contributed by atoms with Crippen molar-refractivity contribution < 1.29 is 17.2 Å². The van der Waals surface area contributed by atoms with E-state index in [0.29, 0.717) is 19.0 Å². The predicted octanol–water partition coefficient (Wildman–Crippen LogP) is 2.18. The van der Waals surface area contributed by atoms with E-state index in [0.717, 1.165) is 6.07 Å². The molecule has 18 heavy (non-hydrogen) atoms. The van der Waals surface area contributed by atoms with Crippen LogP contribution in [0.4, 0.5) is 8.78 Å². The fourth-order valence-electron chi connectivity index (χ4n) is 2.37. The van der Waals surface area contributed by atoms with Gasteiger partial charge in [-0.05, 0) is 31.5 Å². The molecule has 0 saturated carbocycles. The van der Waals surface area contributed by atoms with Crippen molar-refractivity contribution in [3.05, 3.63) is 29.3 Å². The van der Waals surface area contributed by atoms with Gasteiger partial charge in [0.1, 0.15) is 16.5 Å². The first-order valence-electron chi connectivity index (χ1n) is 5.84. The van der Waals surface area contributed by atoms with Crippen LogP contribution in [0.1, 0.15) is 31.9 Å². The number of nitrogens with one attached hydrogen (secondary N) is 1. The quantitative estimate of drug-likeness (QED) is 0.842. The fraction of sp³-hybridized carbons (Fsp3) is 0.500. The van der Waals surface area contributed by atoms with E-state index in [1.165, 1.54) is 0 Å². The number of hydrogen-bond donors (Lipinski definition) is 1. The topological polar surface area (TPSA) is 46.2 Å². The van der Waals surface area contributed by atoms with Gasteiger partial charge in [0.15, 0.2) is 9.84 Å². The standard InChI is InChI=1S/C12H15F2NO2S/c1-3-15-11-4-7(2)18(16,17)12-9(11)5-8(13)6-10(12)14/h5-7,11,15H,3-4H2,1-2H3. The van der Waals surface area contributed by atoms with Gasteiger partial charge in [-0.25, -0.2) is 17.2 Å². The molecule has 0 aliphatic carbocycles. The van der Waals surface area contributed by atoms with E-state index in [1.54, 1.807) is 6.92 Å². The second kappa shape index (κ2) is 4.59. The van der Waals surface area contributed by atoms with Gasteiger partial charge in [0.05, 0.1) is 5.25 Å². The molecule has 0 bridgehead atoms. The molecule has 0 saturated heterocycles. The van der Waals surface area contributed by atoms with Crippen LogP contribution in [0.3, 0.4) is 0 Å². The maximum atomic E-state index is 13.8. The number of fused-ring (bicyclic) bond motifs is 1. The smallest absolute Gasteiger partial charge is 0.184 e. The molecule has 0 fully saturated rings. The van der Waals surface area contributed by atoms with Crippen molar-refractivity contribution in [2.75, 3.05) is 6.54 Å². The third kappa shape index (κ3) is 2.03. The summed E-state index contributed by atoms with van der Waals surface area (Å²) in [6.45, 7) is 4.02. The molecule has 100 valence electrons. The number of sulfone groups is 1. The number of halogens is 2. The maximum absolute atomic E-state index is 13.8. The number of benzene rings is 1. The van der Waals surface area contributed by atoms with Crippen molar-refractivity contribution in [2.24, 2.45) is 0 Å². The van der Waals surface area contributed by atoms with Crippen molar-refractivity contribution in [1.82, 2.24) is 5.32 Å². The molecular weight excluding hydrogens is 260 g/mol. The molecular formula is C12H15F2NO2S. The second-order valence-corrected chi connectivity index (χ2v) is 6.81. The lowest BCUT2D eigenvalue weighted by molar-refractivity contribution is 0.452. The van der Waals surface area contributed by atoms with E-state index in [2.05, 4.69) is 5.32 Å². The molecule has 2 atom stereocenters. The highest BCUT2D eigenvalue weighted by atomic mass is 32.2. The third-order valence-electron chi connectivity index (χ3n) is 3.24. The van der Waals surface area contributed by atoms with Crippen LogP contribution in [0.25, 0.3) is 0 Å². The Bertz CT molecular complexity index is 572. The van der Waals surface area contributed by atoms with Gasteiger partial charge in [-0.1, -0.05) is 6.92 Å². The molecule has 1 aromatic carbocycles. The van der Waals surface area contributed by atoms with Crippen LogP contribution in [0, 0.1) is 11.6 Å². The van der Waals surface area contributed by atoms with E-state index in [9.17, 15) is 17.2 Å². The molecule has 1 aliphatic heterocycles. The summed E-state index contributed by atoms with van der Waals surface area (Å²) in [4.78, 5) is -0.353. The molecule has 6 heteroatoms. The SMILES string of the molecule is CCNC1CC(C)S(=O)(=O)c2c(F)cc(F)cc21. The Morgan fingerprint density at radius 1 is 1.39 bits per heavy atom. The van der Waals surface area contributed by atoms with Gasteiger partial charge in [0.25, 0.3) is 0 Å². The molecule has 3 nitrogen and oxygen atoms in total. The Morgan fingerprint density at radius 2 is 2.06 bits per heavy atom. The van der Waals surface area contributed by atoms with Gasteiger partial charge in [0, 0.05) is 12.1 Å². The molecule has 0 amide bonds. The van der Waals surface area contributed by atoms with Crippen molar-refractivity contribution in [1.29, 1.82) is 0 Å². The number of rotatable bonds is 2. The molecule has 0 spiro atoms. The minimum Gasteiger partial charge on any atom is -0.310 e. The van der Waals surface area contributed by atoms with Gasteiger partial charge >= 0.3 is 0 Å². The molecule has 2 rings (SSSR count). The first-order chi connectivity index (χ1) is 8.37. The zero-order valence-corrected chi connectivity index (χ0v) is 11.0. The van der Waals surface area contributed by atoms with Gasteiger partial charge in [-0.2, -0.15) is 0 Å². The molecule has 1 heterocycles. The monoisotopic (exact) mass is 275 g/mol. The van der Waals surface area contributed by atoms with Crippen molar-refractivity contribution in [3.8, 4) is 0 Å². The average molecular weight is 275 g/mol. The molecule has 1 aliphatic rings. The Hall–Kier alpha value is -1.01. The minimum absolute atomic E-state index is 0.201. The zero-order valence-electron chi connectivity index (χ0n) is 10.2. The summed E-state index contributed by atoms with van der Waals surface area (Å²) in [6, 6.07) is 1.40. The molecule has 1 N–H and O–H groups in total. The molecule has 0 radical (unpaired) electrons. The summed E-state index contributed by atoms with van der Waals surface area (Å²) in [6.07, 6.45) is 0.325. The summed E-state index contributed by atoms with van der Waals surface area (Å²) < 4.78 is 51.2. The summed E-state index contributed by atoms with van der Waals surface area (Å²) in [5.74, 6) is -1.75. The molecule has 0 aromatic heterocycles. The van der Waals surface area contributed by atoms with Crippen molar-refractivity contribution in [3.63, 3.8) is 0 Å². The van der Waals surface area contributed by atoms with E-state index < -0.39 is 26.7 Å². The van der Waals surface area contributed by atoms with Crippen LogP contribution in [0.5, 0.6) is 0 Å². The Kier molecular flexibility index (Phi) is 3.42. The minimum atomic E-state index is -3.70. The van der Waals surface area contributed by atoms with Gasteiger partial charge in [-0.3, -0.25) is 0 Å². The van der Waals surface area contributed by atoms with E-state index in [1.807, 2.05) is 6.92 Å². The maximum Gasteiger partial charge on any atom is 0.184 e. The summed E-state index contributed by atoms with van der Waals surface area (Å²) >= 11 is 0. The highest BCUT2D eigenvalue weighted by molar-refractivity contribution is 7.92. The van der Waals surface area contributed by atoms with Crippen LogP contribution >= 0.6 is 0 Å². The van der Waals surface area contributed by atoms with Crippen molar-refractivity contribution in [2.45, 2.75) is 36.5 Å². The Balaban J connectivity index is 2.68. The van der Waals surface area contributed by atoms with Gasteiger partial charge in [0.2, 0.25) is 0 Å². The van der Waals surface area contributed by atoms with Crippen LogP contribution in [-0.2, 0) is 9.84 Å².